The van der Waals surface area contributed by atoms with E-state index in [1.807, 2.05) is 17.0 Å². The van der Waals surface area contributed by atoms with Gasteiger partial charge in [-0.2, -0.15) is 4.68 Å². The second kappa shape index (κ2) is 8.13. The van der Waals surface area contributed by atoms with E-state index in [0.29, 0.717) is 58.8 Å². The van der Waals surface area contributed by atoms with Gasteiger partial charge >= 0.3 is 0 Å². The first-order chi connectivity index (χ1) is 15.1. The molecule has 2 aromatic carbocycles. The Morgan fingerprint density at radius 2 is 1.48 bits per heavy atom. The molecular weight excluding hydrogens is 437 g/mol. The first-order valence-electron chi connectivity index (χ1n) is 9.72. The number of benzene rings is 2. The van der Waals surface area contributed by atoms with Crippen LogP contribution in [0.1, 0.15) is 10.4 Å². The molecular formula is C21H17Cl2N7O. The van der Waals surface area contributed by atoms with E-state index in [9.17, 15) is 4.79 Å². The molecule has 10 heteroatoms. The number of hydrogen-bond donors (Lipinski definition) is 0. The minimum atomic E-state index is -0.00201. The van der Waals surface area contributed by atoms with Gasteiger partial charge < -0.3 is 9.80 Å². The highest BCUT2D eigenvalue weighted by Crippen LogP contribution is 2.24. The van der Waals surface area contributed by atoms with Crippen LogP contribution >= 0.6 is 23.2 Å². The van der Waals surface area contributed by atoms with E-state index in [4.69, 9.17) is 23.2 Å². The molecule has 4 aromatic rings. The third-order valence-corrected chi connectivity index (χ3v) is 5.75. The lowest BCUT2D eigenvalue weighted by Gasteiger charge is -2.35. The van der Waals surface area contributed by atoms with E-state index in [0.717, 1.165) is 5.69 Å². The van der Waals surface area contributed by atoms with Crippen LogP contribution in [0.15, 0.2) is 54.9 Å². The standard InChI is InChI=1S/C21H17Cl2N7O/c22-15-3-1-14(2-4-15)21(31)29-11-9-28(10-12-29)19-18-20(25-13-24-19)30(27-26-18)17-7-5-16(23)6-8-17/h1-8,13H,9-12H2. The number of amides is 1. The van der Waals surface area contributed by atoms with Gasteiger partial charge in [-0.15, -0.1) is 5.10 Å². The Bertz CT molecular complexity index is 1230. The van der Waals surface area contributed by atoms with Gasteiger partial charge in [-0.05, 0) is 48.5 Å². The van der Waals surface area contributed by atoms with Crippen molar-refractivity contribution < 1.29 is 4.79 Å². The van der Waals surface area contributed by atoms with Crippen LogP contribution in [0.3, 0.4) is 0 Å². The van der Waals surface area contributed by atoms with Crippen LogP contribution in [0, 0.1) is 0 Å². The van der Waals surface area contributed by atoms with Gasteiger partial charge in [0.2, 0.25) is 0 Å². The molecule has 0 radical (unpaired) electrons. The maximum atomic E-state index is 12.8. The molecule has 1 amide bonds. The average molecular weight is 454 g/mol. The summed E-state index contributed by atoms with van der Waals surface area (Å²) in [7, 11) is 0. The molecule has 8 nitrogen and oxygen atoms in total. The molecule has 2 aromatic heterocycles. The normalized spacial score (nSPS) is 14.3. The van der Waals surface area contributed by atoms with Crippen LogP contribution in [0.25, 0.3) is 16.9 Å². The number of fused-ring (bicyclic) bond motifs is 1. The fourth-order valence-electron chi connectivity index (χ4n) is 3.62. The molecule has 0 bridgehead atoms. The van der Waals surface area contributed by atoms with Gasteiger partial charge in [-0.3, -0.25) is 4.79 Å². The topological polar surface area (TPSA) is 80.0 Å². The molecule has 1 aliphatic heterocycles. The summed E-state index contributed by atoms with van der Waals surface area (Å²) >= 11 is 11.9. The van der Waals surface area contributed by atoms with Gasteiger partial charge in [0.15, 0.2) is 17.0 Å². The Kier molecular flexibility index (Phi) is 5.17. The highest BCUT2D eigenvalue weighted by molar-refractivity contribution is 6.30. The summed E-state index contributed by atoms with van der Waals surface area (Å²) in [5.74, 6) is 0.710. The lowest BCUT2D eigenvalue weighted by atomic mass is 10.2. The van der Waals surface area contributed by atoms with E-state index in [2.05, 4.69) is 25.2 Å². The second-order valence-corrected chi connectivity index (χ2v) is 8.01. The molecule has 0 N–H and O–H groups in total. The fraction of sp³-hybridized carbons (Fsp3) is 0.190. The minimum absolute atomic E-state index is 0.00201. The Morgan fingerprint density at radius 1 is 0.839 bits per heavy atom. The maximum Gasteiger partial charge on any atom is 0.253 e. The van der Waals surface area contributed by atoms with E-state index in [-0.39, 0.29) is 5.91 Å². The molecule has 0 unspecified atom stereocenters. The van der Waals surface area contributed by atoms with Gasteiger partial charge in [-0.1, -0.05) is 28.4 Å². The second-order valence-electron chi connectivity index (χ2n) is 7.13. The number of rotatable bonds is 3. The van der Waals surface area contributed by atoms with Crippen molar-refractivity contribution in [1.29, 1.82) is 0 Å². The molecule has 1 aliphatic rings. The van der Waals surface area contributed by atoms with Crippen molar-refractivity contribution in [3.8, 4) is 5.69 Å². The summed E-state index contributed by atoms with van der Waals surface area (Å²) < 4.78 is 1.66. The van der Waals surface area contributed by atoms with Crippen LogP contribution in [-0.2, 0) is 0 Å². The van der Waals surface area contributed by atoms with E-state index >= 15 is 0 Å². The van der Waals surface area contributed by atoms with Gasteiger partial charge in [0.05, 0.1) is 5.69 Å². The van der Waals surface area contributed by atoms with Crippen molar-refractivity contribution in [3.05, 3.63) is 70.5 Å². The summed E-state index contributed by atoms with van der Waals surface area (Å²) in [4.78, 5) is 25.5. The predicted molar refractivity (Wildman–Crippen MR) is 119 cm³/mol. The molecule has 1 saturated heterocycles. The predicted octanol–water partition coefficient (Wildman–Crippen LogP) is 3.48. The molecule has 0 aliphatic carbocycles. The molecule has 1 fully saturated rings. The van der Waals surface area contributed by atoms with E-state index < -0.39 is 0 Å². The Balaban J connectivity index is 1.36. The lowest BCUT2D eigenvalue weighted by molar-refractivity contribution is 0.0746. The fourth-order valence-corrected chi connectivity index (χ4v) is 3.87. The largest absolute Gasteiger partial charge is 0.351 e. The lowest BCUT2D eigenvalue weighted by Crippen LogP contribution is -2.49. The highest BCUT2D eigenvalue weighted by atomic mass is 35.5. The van der Waals surface area contributed by atoms with Crippen molar-refractivity contribution in [2.75, 3.05) is 31.1 Å². The zero-order chi connectivity index (χ0) is 21.4. The molecule has 0 atom stereocenters. The number of carbonyl (C=O) groups excluding carboxylic acids is 1. The molecule has 3 heterocycles. The van der Waals surface area contributed by atoms with Crippen molar-refractivity contribution in [2.24, 2.45) is 0 Å². The van der Waals surface area contributed by atoms with E-state index in [1.165, 1.54) is 6.33 Å². The summed E-state index contributed by atoms with van der Waals surface area (Å²) in [5.41, 5.74) is 2.69. The van der Waals surface area contributed by atoms with E-state index in [1.54, 1.807) is 41.1 Å². The van der Waals surface area contributed by atoms with Crippen LogP contribution in [0.2, 0.25) is 10.0 Å². The summed E-state index contributed by atoms with van der Waals surface area (Å²) in [6, 6.07) is 14.3. The minimum Gasteiger partial charge on any atom is -0.351 e. The first-order valence-corrected chi connectivity index (χ1v) is 10.5. The first kappa shape index (κ1) is 19.7. The monoisotopic (exact) mass is 453 g/mol. The summed E-state index contributed by atoms with van der Waals surface area (Å²) in [6.07, 6.45) is 1.51. The van der Waals surface area contributed by atoms with Crippen molar-refractivity contribution in [3.63, 3.8) is 0 Å². The smallest absolute Gasteiger partial charge is 0.253 e. The zero-order valence-electron chi connectivity index (χ0n) is 16.3. The summed E-state index contributed by atoms with van der Waals surface area (Å²) in [5, 5.41) is 9.84. The van der Waals surface area contributed by atoms with Crippen molar-refractivity contribution in [1.82, 2.24) is 29.9 Å². The number of halogens is 2. The molecule has 156 valence electrons. The number of hydrogen-bond acceptors (Lipinski definition) is 6. The third-order valence-electron chi connectivity index (χ3n) is 5.25. The van der Waals surface area contributed by atoms with Crippen molar-refractivity contribution >= 4 is 46.1 Å². The van der Waals surface area contributed by atoms with Crippen LogP contribution in [0.4, 0.5) is 5.82 Å². The highest BCUT2D eigenvalue weighted by Gasteiger charge is 2.25. The van der Waals surface area contributed by atoms with Gasteiger partial charge in [0.25, 0.3) is 5.91 Å². The van der Waals surface area contributed by atoms with Crippen LogP contribution in [-0.4, -0.2) is 61.9 Å². The quantitative estimate of drug-likeness (QED) is 0.472. The number of nitrogens with zero attached hydrogens (tertiary/aromatic N) is 7. The summed E-state index contributed by atoms with van der Waals surface area (Å²) in [6.45, 7) is 2.44. The molecule has 0 saturated carbocycles. The Morgan fingerprint density at radius 3 is 2.16 bits per heavy atom. The Labute approximate surface area is 188 Å². The molecule has 31 heavy (non-hydrogen) atoms. The Hall–Kier alpha value is -3.23. The maximum absolute atomic E-state index is 12.8. The number of aromatic nitrogens is 5. The van der Waals surface area contributed by atoms with Gasteiger partial charge in [0, 0.05) is 41.8 Å². The average Bonchev–Trinajstić information content (AvgIpc) is 3.24. The van der Waals surface area contributed by atoms with Gasteiger partial charge in [-0.25, -0.2) is 9.97 Å². The number of carbonyl (C=O) groups is 1. The van der Waals surface area contributed by atoms with Crippen molar-refractivity contribution in [2.45, 2.75) is 0 Å². The molecule has 5 rings (SSSR count). The number of anilines is 1. The number of piperazine rings is 1. The molecule has 0 spiro atoms. The third kappa shape index (κ3) is 3.80. The SMILES string of the molecule is O=C(c1ccc(Cl)cc1)N1CCN(c2ncnc3c2nnn3-c2ccc(Cl)cc2)CC1. The van der Waals surface area contributed by atoms with Crippen LogP contribution in [0.5, 0.6) is 0 Å². The van der Waals surface area contributed by atoms with Gasteiger partial charge in [0.1, 0.15) is 6.33 Å². The zero-order valence-corrected chi connectivity index (χ0v) is 17.8. The van der Waals surface area contributed by atoms with Crippen LogP contribution < -0.4 is 4.90 Å².